The number of carbonyl (C=O) groups excluding carboxylic acids is 1. The highest BCUT2D eigenvalue weighted by molar-refractivity contribution is 8.02. The van der Waals surface area contributed by atoms with Crippen molar-refractivity contribution in [3.05, 3.63) is 39.4 Å². The highest BCUT2D eigenvalue weighted by Gasteiger charge is 2.20. The molecule has 0 aliphatic rings. The van der Waals surface area contributed by atoms with Gasteiger partial charge in [-0.2, -0.15) is 0 Å². The maximum Gasteiger partial charge on any atom is 0.176 e. The van der Waals surface area contributed by atoms with Gasteiger partial charge in [0.1, 0.15) is 5.01 Å². The summed E-state index contributed by atoms with van der Waals surface area (Å²) in [6.07, 6.45) is 0. The number of ketones is 1. The number of rotatable bonds is 4. The van der Waals surface area contributed by atoms with E-state index in [-0.39, 0.29) is 11.0 Å². The number of aryl methyl sites for hydroxylation is 4. The zero-order chi connectivity index (χ0) is 14.9. The molecule has 0 N–H and O–H groups in total. The van der Waals surface area contributed by atoms with Gasteiger partial charge in [0, 0.05) is 5.56 Å². The number of nitrogens with zero attached hydrogens (tertiary/aromatic N) is 2. The predicted molar refractivity (Wildman–Crippen MR) is 84.9 cm³/mol. The van der Waals surface area contributed by atoms with Crippen LogP contribution in [0.4, 0.5) is 0 Å². The van der Waals surface area contributed by atoms with E-state index in [1.807, 2.05) is 33.8 Å². The molecule has 0 bridgehead atoms. The van der Waals surface area contributed by atoms with Gasteiger partial charge in [-0.3, -0.25) is 4.79 Å². The Kier molecular flexibility index (Phi) is 4.60. The third-order valence-corrected chi connectivity index (χ3v) is 5.28. The van der Waals surface area contributed by atoms with Gasteiger partial charge in [-0.15, -0.1) is 10.2 Å². The molecule has 0 aliphatic heterocycles. The average Bonchev–Trinajstić information content (AvgIpc) is 2.78. The number of carbonyl (C=O) groups is 1. The quantitative estimate of drug-likeness (QED) is 0.629. The summed E-state index contributed by atoms with van der Waals surface area (Å²) in [5.41, 5.74) is 4.23. The Bertz CT molecular complexity index is 649. The third-order valence-electron chi connectivity index (χ3n) is 3.26. The predicted octanol–water partition coefficient (Wildman–Crippen LogP) is 4.14. The molecule has 3 nitrogen and oxygen atoms in total. The standard InChI is InChI=1S/C15H18N2OS2/c1-8-6-10(3)13(7-9(8)2)14(18)11(4)19-15-17-16-12(5)20-15/h6-7,11H,1-5H3/t11-/m0/s1. The number of hydrogen-bond acceptors (Lipinski definition) is 5. The summed E-state index contributed by atoms with van der Waals surface area (Å²) < 4.78 is 0.852. The molecule has 0 saturated heterocycles. The fraction of sp³-hybridized carbons (Fsp3) is 0.400. The first-order valence-corrected chi connectivity index (χ1v) is 8.17. The Labute approximate surface area is 127 Å². The molecule has 1 heterocycles. The smallest absolute Gasteiger partial charge is 0.176 e. The second-order valence-corrected chi connectivity index (χ2v) is 7.73. The maximum atomic E-state index is 12.6. The Morgan fingerprint density at radius 2 is 1.75 bits per heavy atom. The van der Waals surface area contributed by atoms with Crippen molar-refractivity contribution in [1.82, 2.24) is 10.2 Å². The van der Waals surface area contributed by atoms with Crippen LogP contribution in [0, 0.1) is 27.7 Å². The molecule has 0 aliphatic carbocycles. The molecule has 0 radical (unpaired) electrons. The van der Waals surface area contributed by atoms with Crippen molar-refractivity contribution in [2.45, 2.75) is 44.2 Å². The molecule has 1 atom stereocenters. The van der Waals surface area contributed by atoms with Crippen molar-refractivity contribution in [3.8, 4) is 0 Å². The van der Waals surface area contributed by atoms with E-state index in [0.29, 0.717) is 0 Å². The molecule has 0 amide bonds. The lowest BCUT2D eigenvalue weighted by molar-refractivity contribution is 0.0993. The number of hydrogen-bond donors (Lipinski definition) is 0. The number of aromatic nitrogens is 2. The molecular weight excluding hydrogens is 288 g/mol. The van der Waals surface area contributed by atoms with Gasteiger partial charge in [-0.25, -0.2) is 0 Å². The van der Waals surface area contributed by atoms with Crippen LogP contribution in [0.5, 0.6) is 0 Å². The van der Waals surface area contributed by atoms with Crippen LogP contribution < -0.4 is 0 Å². The second-order valence-electron chi connectivity index (χ2n) is 4.96. The van der Waals surface area contributed by atoms with Gasteiger partial charge in [0.2, 0.25) is 0 Å². The molecule has 2 aromatic rings. The van der Waals surface area contributed by atoms with E-state index in [0.717, 1.165) is 26.0 Å². The van der Waals surface area contributed by atoms with Crippen LogP contribution in [0.1, 0.15) is 39.0 Å². The molecule has 2 rings (SSSR count). The molecule has 0 spiro atoms. The number of Topliss-reactive ketones (excluding diaryl/α,β-unsaturated/α-hetero) is 1. The highest BCUT2D eigenvalue weighted by Crippen LogP contribution is 2.29. The van der Waals surface area contributed by atoms with E-state index < -0.39 is 0 Å². The highest BCUT2D eigenvalue weighted by atomic mass is 32.2. The molecule has 1 aromatic heterocycles. The fourth-order valence-corrected chi connectivity index (χ4v) is 4.00. The summed E-state index contributed by atoms with van der Waals surface area (Å²) in [5, 5.41) is 8.82. The molecule has 5 heteroatoms. The van der Waals surface area contributed by atoms with E-state index in [1.165, 1.54) is 28.7 Å². The summed E-state index contributed by atoms with van der Waals surface area (Å²) in [5.74, 6) is 0.156. The Morgan fingerprint density at radius 3 is 2.35 bits per heavy atom. The van der Waals surface area contributed by atoms with Crippen LogP contribution >= 0.6 is 23.1 Å². The van der Waals surface area contributed by atoms with Crippen molar-refractivity contribution >= 4 is 28.9 Å². The summed E-state index contributed by atoms with van der Waals surface area (Å²) in [6.45, 7) is 9.95. The van der Waals surface area contributed by atoms with Crippen LogP contribution in [0.15, 0.2) is 16.5 Å². The van der Waals surface area contributed by atoms with Crippen molar-refractivity contribution in [2.24, 2.45) is 0 Å². The minimum atomic E-state index is -0.150. The van der Waals surface area contributed by atoms with E-state index in [9.17, 15) is 4.79 Å². The monoisotopic (exact) mass is 306 g/mol. The normalized spacial score (nSPS) is 12.4. The third kappa shape index (κ3) is 3.27. The topological polar surface area (TPSA) is 42.9 Å². The van der Waals surface area contributed by atoms with Gasteiger partial charge in [-0.05, 0) is 57.4 Å². The van der Waals surface area contributed by atoms with Crippen molar-refractivity contribution in [1.29, 1.82) is 0 Å². The molecule has 106 valence electrons. The van der Waals surface area contributed by atoms with Gasteiger partial charge < -0.3 is 0 Å². The lowest BCUT2D eigenvalue weighted by Gasteiger charge is -2.12. The lowest BCUT2D eigenvalue weighted by atomic mass is 9.97. The molecular formula is C15H18N2OS2. The van der Waals surface area contributed by atoms with E-state index in [2.05, 4.69) is 23.2 Å². The summed E-state index contributed by atoms with van der Waals surface area (Å²) in [7, 11) is 0. The van der Waals surface area contributed by atoms with Gasteiger partial charge in [0.25, 0.3) is 0 Å². The van der Waals surface area contributed by atoms with Gasteiger partial charge >= 0.3 is 0 Å². The van der Waals surface area contributed by atoms with Crippen LogP contribution in [0.25, 0.3) is 0 Å². The summed E-state index contributed by atoms with van der Waals surface area (Å²) in [6, 6.07) is 4.07. The Hall–Kier alpha value is -1.20. The van der Waals surface area contributed by atoms with Crippen molar-refractivity contribution in [2.75, 3.05) is 0 Å². The largest absolute Gasteiger partial charge is 0.293 e. The number of benzene rings is 1. The first-order chi connectivity index (χ1) is 9.38. The van der Waals surface area contributed by atoms with Gasteiger partial charge in [-0.1, -0.05) is 29.2 Å². The van der Waals surface area contributed by atoms with E-state index in [4.69, 9.17) is 0 Å². The first kappa shape index (κ1) is 15.2. The van der Waals surface area contributed by atoms with E-state index >= 15 is 0 Å². The van der Waals surface area contributed by atoms with Crippen LogP contribution in [-0.2, 0) is 0 Å². The molecule has 0 unspecified atom stereocenters. The Balaban J connectivity index is 2.20. The zero-order valence-electron chi connectivity index (χ0n) is 12.4. The minimum Gasteiger partial charge on any atom is -0.293 e. The summed E-state index contributed by atoms with van der Waals surface area (Å²) >= 11 is 3.01. The van der Waals surface area contributed by atoms with Crippen LogP contribution in [0.3, 0.4) is 0 Å². The lowest BCUT2D eigenvalue weighted by Crippen LogP contribution is -2.15. The van der Waals surface area contributed by atoms with Gasteiger partial charge in [0.05, 0.1) is 5.25 Å². The Morgan fingerprint density at radius 1 is 1.10 bits per heavy atom. The number of thioether (sulfide) groups is 1. The van der Waals surface area contributed by atoms with Gasteiger partial charge in [0.15, 0.2) is 10.1 Å². The molecule has 0 fully saturated rings. The molecule has 20 heavy (non-hydrogen) atoms. The molecule has 0 saturated carbocycles. The van der Waals surface area contributed by atoms with Crippen LogP contribution in [-0.4, -0.2) is 21.2 Å². The molecule has 1 aromatic carbocycles. The maximum absolute atomic E-state index is 12.6. The summed E-state index contributed by atoms with van der Waals surface area (Å²) in [4.78, 5) is 12.6. The van der Waals surface area contributed by atoms with Crippen molar-refractivity contribution in [3.63, 3.8) is 0 Å². The average molecular weight is 306 g/mol. The first-order valence-electron chi connectivity index (χ1n) is 6.47. The van der Waals surface area contributed by atoms with Crippen LogP contribution in [0.2, 0.25) is 0 Å². The minimum absolute atomic E-state index is 0.150. The fourth-order valence-electron chi connectivity index (χ4n) is 1.98. The SMILES string of the molecule is Cc1nnc(S[C@@H](C)C(=O)c2cc(C)c(C)cc2C)s1. The zero-order valence-corrected chi connectivity index (χ0v) is 14.0. The second kappa shape index (κ2) is 6.06. The van der Waals surface area contributed by atoms with Crippen molar-refractivity contribution < 1.29 is 4.79 Å². The van der Waals surface area contributed by atoms with E-state index in [1.54, 1.807) is 0 Å².